The van der Waals surface area contributed by atoms with Gasteiger partial charge < -0.3 is 4.90 Å². The minimum Gasteiger partial charge on any atom is -0.333 e. The van der Waals surface area contributed by atoms with Crippen molar-refractivity contribution in [2.24, 2.45) is 0 Å². The Balaban J connectivity index is 1.76. The molecule has 1 amide bonds. The maximum absolute atomic E-state index is 13.1. The number of nitrogens with zero attached hydrogens (tertiary/aromatic N) is 4. The molecule has 1 aromatic carbocycles. The third-order valence-corrected chi connectivity index (χ3v) is 7.42. The maximum Gasteiger partial charge on any atom is 0.255 e. The van der Waals surface area contributed by atoms with Crippen LogP contribution < -0.4 is 0 Å². The highest BCUT2D eigenvalue weighted by Gasteiger charge is 2.35. The normalized spacial score (nSPS) is 17.7. The molecule has 0 radical (unpaired) electrons. The van der Waals surface area contributed by atoms with Crippen LogP contribution in [0.5, 0.6) is 0 Å². The Hall–Kier alpha value is -2.76. The van der Waals surface area contributed by atoms with Crippen molar-refractivity contribution in [3.05, 3.63) is 58.9 Å². The van der Waals surface area contributed by atoms with Gasteiger partial charge in [0.1, 0.15) is 0 Å². The van der Waals surface area contributed by atoms with Crippen LogP contribution in [0.4, 0.5) is 0 Å². The fraction of sp³-hybridized carbons (Fsp3) is 0.409. The lowest BCUT2D eigenvalue weighted by Crippen LogP contribution is -2.55. The van der Waals surface area contributed by atoms with Crippen LogP contribution in [0, 0.1) is 18.3 Å². The molecule has 1 atom stereocenters. The molecule has 8 heteroatoms. The molecule has 158 valence electrons. The van der Waals surface area contributed by atoms with Crippen molar-refractivity contribution < 1.29 is 13.2 Å². The van der Waals surface area contributed by atoms with Crippen LogP contribution in [0.2, 0.25) is 0 Å². The highest BCUT2D eigenvalue weighted by Crippen LogP contribution is 2.24. The predicted octanol–water partition coefficient (Wildman–Crippen LogP) is 2.92. The van der Waals surface area contributed by atoms with E-state index in [2.05, 4.69) is 4.98 Å². The predicted molar refractivity (Wildman–Crippen MR) is 113 cm³/mol. The van der Waals surface area contributed by atoms with Crippen LogP contribution >= 0.6 is 0 Å². The number of piperazine rings is 1. The van der Waals surface area contributed by atoms with Crippen LogP contribution in [0.1, 0.15) is 53.9 Å². The third-order valence-electron chi connectivity index (χ3n) is 5.40. The largest absolute Gasteiger partial charge is 0.333 e. The summed E-state index contributed by atoms with van der Waals surface area (Å²) in [4.78, 5) is 19.2. The van der Waals surface area contributed by atoms with Crippen LogP contribution in [0.25, 0.3) is 0 Å². The Morgan fingerprint density at radius 3 is 2.50 bits per heavy atom. The van der Waals surface area contributed by atoms with E-state index in [1.165, 1.54) is 16.4 Å². The number of hydrogen-bond acceptors (Lipinski definition) is 5. The monoisotopic (exact) mass is 426 g/mol. The lowest BCUT2D eigenvalue weighted by molar-refractivity contribution is 0.0591. The van der Waals surface area contributed by atoms with E-state index < -0.39 is 10.0 Å². The standard InChI is InChI=1S/C22H26N4O3S/c1-15(2)20-7-6-19(13-24-20)22(27)26-10-9-25(14-17(26)4)30(28,29)21-8-5-18(12-23)11-16(21)3/h5-8,11,13,15,17H,9-10,14H2,1-4H3. The first kappa shape index (κ1) is 21.9. The molecule has 0 N–H and O–H groups in total. The van der Waals surface area contributed by atoms with Crippen LogP contribution in [0.3, 0.4) is 0 Å². The molecule has 1 aliphatic heterocycles. The SMILES string of the molecule is Cc1cc(C#N)ccc1S(=O)(=O)N1CCN(C(=O)c2ccc(C(C)C)nc2)C(C)C1. The number of aromatic nitrogens is 1. The van der Waals surface area contributed by atoms with Gasteiger partial charge in [-0.05, 0) is 55.7 Å². The molecule has 0 spiro atoms. The number of amides is 1. The van der Waals surface area contributed by atoms with Crippen molar-refractivity contribution >= 4 is 15.9 Å². The lowest BCUT2D eigenvalue weighted by Gasteiger charge is -2.39. The van der Waals surface area contributed by atoms with Crippen molar-refractivity contribution in [1.82, 2.24) is 14.2 Å². The maximum atomic E-state index is 13.1. The van der Waals surface area contributed by atoms with Gasteiger partial charge in [0.25, 0.3) is 5.91 Å². The average Bonchev–Trinajstić information content (AvgIpc) is 2.72. The molecule has 3 rings (SSSR count). The van der Waals surface area contributed by atoms with Crippen molar-refractivity contribution in [2.75, 3.05) is 19.6 Å². The summed E-state index contributed by atoms with van der Waals surface area (Å²) in [6.07, 6.45) is 1.59. The molecule has 1 aromatic heterocycles. The highest BCUT2D eigenvalue weighted by molar-refractivity contribution is 7.89. The number of aryl methyl sites for hydroxylation is 1. The summed E-state index contributed by atoms with van der Waals surface area (Å²) in [5.74, 6) is 0.143. The van der Waals surface area contributed by atoms with E-state index in [0.717, 1.165) is 5.69 Å². The molecule has 0 bridgehead atoms. The van der Waals surface area contributed by atoms with E-state index in [4.69, 9.17) is 5.26 Å². The van der Waals surface area contributed by atoms with Gasteiger partial charge in [-0.25, -0.2) is 8.42 Å². The zero-order chi connectivity index (χ0) is 22.1. The van der Waals surface area contributed by atoms with Crippen molar-refractivity contribution in [3.63, 3.8) is 0 Å². The minimum absolute atomic E-state index is 0.142. The number of rotatable bonds is 4. The zero-order valence-electron chi connectivity index (χ0n) is 17.7. The summed E-state index contributed by atoms with van der Waals surface area (Å²) in [5, 5.41) is 9.00. The lowest BCUT2D eigenvalue weighted by atomic mass is 10.1. The quantitative estimate of drug-likeness (QED) is 0.749. The number of hydrogen-bond donors (Lipinski definition) is 0. The fourth-order valence-corrected chi connectivity index (χ4v) is 5.35. The smallest absolute Gasteiger partial charge is 0.255 e. The first-order valence-corrected chi connectivity index (χ1v) is 11.4. The first-order valence-electron chi connectivity index (χ1n) is 9.93. The molecule has 2 aromatic rings. The Morgan fingerprint density at radius 1 is 1.23 bits per heavy atom. The van der Waals surface area contributed by atoms with Gasteiger partial charge >= 0.3 is 0 Å². The molecule has 2 heterocycles. The van der Waals surface area contributed by atoms with Gasteiger partial charge in [-0.1, -0.05) is 13.8 Å². The second-order valence-electron chi connectivity index (χ2n) is 7.93. The minimum atomic E-state index is -3.71. The number of sulfonamides is 1. The molecular weight excluding hydrogens is 400 g/mol. The van der Waals surface area contributed by atoms with E-state index in [1.807, 2.05) is 32.9 Å². The number of carbonyl (C=O) groups excluding carboxylic acids is 1. The number of benzene rings is 1. The van der Waals surface area contributed by atoms with Crippen molar-refractivity contribution in [1.29, 1.82) is 5.26 Å². The summed E-state index contributed by atoms with van der Waals surface area (Å²) in [6.45, 7) is 8.36. The van der Waals surface area contributed by atoms with E-state index in [1.54, 1.807) is 30.2 Å². The van der Waals surface area contributed by atoms with Gasteiger partial charge in [0, 0.05) is 37.6 Å². The first-order chi connectivity index (χ1) is 14.1. The molecule has 1 aliphatic rings. The van der Waals surface area contributed by atoms with Crippen LogP contribution in [-0.4, -0.2) is 54.2 Å². The Bertz CT molecular complexity index is 1090. The fourth-order valence-electron chi connectivity index (χ4n) is 3.63. The summed E-state index contributed by atoms with van der Waals surface area (Å²) < 4.78 is 27.7. The number of carbonyl (C=O) groups is 1. The average molecular weight is 427 g/mol. The molecule has 1 saturated heterocycles. The van der Waals surface area contributed by atoms with Gasteiger partial charge in [-0.3, -0.25) is 9.78 Å². The topological polar surface area (TPSA) is 94.4 Å². The third kappa shape index (κ3) is 4.23. The van der Waals surface area contributed by atoms with Crippen molar-refractivity contribution in [3.8, 4) is 6.07 Å². The summed E-state index contributed by atoms with van der Waals surface area (Å²) >= 11 is 0. The Kier molecular flexibility index (Phi) is 6.25. The zero-order valence-corrected chi connectivity index (χ0v) is 18.5. The van der Waals surface area contributed by atoms with Gasteiger partial charge in [0.05, 0.1) is 22.1 Å². The molecule has 7 nitrogen and oxygen atoms in total. The van der Waals surface area contributed by atoms with Gasteiger partial charge in [0.15, 0.2) is 0 Å². The van der Waals surface area contributed by atoms with E-state index in [0.29, 0.717) is 23.2 Å². The molecule has 0 saturated carbocycles. The summed E-state index contributed by atoms with van der Waals surface area (Å²) in [6, 6.07) is 9.95. The second-order valence-corrected chi connectivity index (χ2v) is 9.84. The van der Waals surface area contributed by atoms with E-state index >= 15 is 0 Å². The van der Waals surface area contributed by atoms with Gasteiger partial charge in [-0.2, -0.15) is 9.57 Å². The Morgan fingerprint density at radius 2 is 1.97 bits per heavy atom. The number of pyridine rings is 1. The van der Waals surface area contributed by atoms with Gasteiger partial charge in [-0.15, -0.1) is 0 Å². The van der Waals surface area contributed by atoms with E-state index in [-0.39, 0.29) is 35.9 Å². The molecule has 30 heavy (non-hydrogen) atoms. The molecular formula is C22H26N4O3S. The van der Waals surface area contributed by atoms with Crippen molar-refractivity contribution in [2.45, 2.75) is 44.6 Å². The number of nitriles is 1. The second kappa shape index (κ2) is 8.54. The molecule has 1 fully saturated rings. The van der Waals surface area contributed by atoms with E-state index in [9.17, 15) is 13.2 Å². The highest BCUT2D eigenvalue weighted by atomic mass is 32.2. The molecule has 0 aliphatic carbocycles. The molecule has 1 unspecified atom stereocenters. The summed E-state index contributed by atoms with van der Waals surface area (Å²) in [7, 11) is -3.71. The van der Waals surface area contributed by atoms with Crippen LogP contribution in [-0.2, 0) is 10.0 Å². The van der Waals surface area contributed by atoms with Gasteiger partial charge in [0.2, 0.25) is 10.0 Å². The Labute approximate surface area is 178 Å². The summed E-state index contributed by atoms with van der Waals surface area (Å²) in [5.41, 5.74) is 2.39. The van der Waals surface area contributed by atoms with Crippen LogP contribution in [0.15, 0.2) is 41.4 Å².